The van der Waals surface area contributed by atoms with Crippen LogP contribution in [0.25, 0.3) is 10.9 Å². The molecule has 0 saturated carbocycles. The van der Waals surface area contributed by atoms with Gasteiger partial charge in [-0.1, -0.05) is 23.8 Å². The van der Waals surface area contributed by atoms with Gasteiger partial charge in [0.2, 0.25) is 0 Å². The summed E-state index contributed by atoms with van der Waals surface area (Å²) in [5.74, 6) is 0. The molecule has 2 N–H and O–H groups in total. The summed E-state index contributed by atoms with van der Waals surface area (Å²) in [6.07, 6.45) is 2.12. The van der Waals surface area contributed by atoms with Crippen LogP contribution in [0.5, 0.6) is 0 Å². The number of rotatable bonds is 2. The number of nitrogens with two attached hydrogens (primary N) is 1. The van der Waals surface area contributed by atoms with E-state index in [1.165, 1.54) is 22.0 Å². The summed E-state index contributed by atoms with van der Waals surface area (Å²) in [7, 11) is 0. The van der Waals surface area contributed by atoms with Crippen molar-refractivity contribution in [3.63, 3.8) is 0 Å². The van der Waals surface area contributed by atoms with Crippen molar-refractivity contribution in [3.05, 3.63) is 64.3 Å². The summed E-state index contributed by atoms with van der Waals surface area (Å²) in [4.78, 5) is 0. The topological polar surface area (TPSA) is 30.9 Å². The van der Waals surface area contributed by atoms with Crippen LogP contribution in [0.1, 0.15) is 11.1 Å². The number of hydrogen-bond acceptors (Lipinski definition) is 1. The lowest BCUT2D eigenvalue weighted by atomic mass is 10.2. The fourth-order valence-electron chi connectivity index (χ4n) is 2.36. The van der Waals surface area contributed by atoms with E-state index < -0.39 is 0 Å². The van der Waals surface area contributed by atoms with Crippen LogP contribution in [0.2, 0.25) is 0 Å². The molecule has 0 spiro atoms. The molecular weight excluding hydrogens is 300 g/mol. The number of nitrogens with zero attached hydrogens (tertiary/aromatic N) is 1. The minimum atomic E-state index is 0.782. The van der Waals surface area contributed by atoms with E-state index in [9.17, 15) is 0 Å². The summed E-state index contributed by atoms with van der Waals surface area (Å²) in [6, 6.07) is 14.7. The minimum Gasteiger partial charge on any atom is -0.398 e. The van der Waals surface area contributed by atoms with Gasteiger partial charge in [0.05, 0.1) is 0 Å². The highest BCUT2D eigenvalue weighted by Crippen LogP contribution is 2.26. The molecule has 2 aromatic carbocycles. The molecule has 0 radical (unpaired) electrons. The van der Waals surface area contributed by atoms with Crippen LogP contribution in [-0.2, 0) is 6.54 Å². The molecule has 0 fully saturated rings. The first-order valence-electron chi connectivity index (χ1n) is 6.23. The largest absolute Gasteiger partial charge is 0.398 e. The number of hydrogen-bond donors (Lipinski definition) is 1. The zero-order valence-electron chi connectivity index (χ0n) is 10.7. The number of fused-ring (bicyclic) bond motifs is 1. The summed E-state index contributed by atoms with van der Waals surface area (Å²) in [5, 5.41) is 1.28. The van der Waals surface area contributed by atoms with Gasteiger partial charge in [0.25, 0.3) is 0 Å². The number of anilines is 1. The Bertz CT molecular complexity index is 744. The van der Waals surface area contributed by atoms with Gasteiger partial charge in [0.15, 0.2) is 0 Å². The fourth-order valence-corrected chi connectivity index (χ4v) is 2.75. The molecule has 96 valence electrons. The number of nitrogen functional groups attached to an aromatic ring is 1. The lowest BCUT2D eigenvalue weighted by molar-refractivity contribution is 0.833. The van der Waals surface area contributed by atoms with Crippen LogP contribution in [-0.4, -0.2) is 4.57 Å². The van der Waals surface area contributed by atoms with E-state index >= 15 is 0 Å². The molecule has 0 amide bonds. The maximum atomic E-state index is 5.93. The van der Waals surface area contributed by atoms with E-state index in [1.54, 1.807) is 0 Å². The first-order chi connectivity index (χ1) is 9.15. The Kier molecular flexibility index (Phi) is 3.07. The van der Waals surface area contributed by atoms with Gasteiger partial charge in [-0.15, -0.1) is 0 Å². The highest BCUT2D eigenvalue weighted by atomic mass is 79.9. The Morgan fingerprint density at radius 2 is 2.00 bits per heavy atom. The van der Waals surface area contributed by atoms with Gasteiger partial charge >= 0.3 is 0 Å². The Labute approximate surface area is 121 Å². The molecule has 0 bridgehead atoms. The third kappa shape index (κ3) is 2.26. The molecule has 0 aliphatic heterocycles. The standard InChI is InChI=1S/C16H15BrN2/c1-11-5-6-15-12(9-11)7-8-19(15)10-13-3-2-4-14(18)16(13)17/h2-9H,10,18H2,1H3. The molecule has 3 heteroatoms. The molecule has 0 aliphatic rings. The molecule has 0 unspecified atom stereocenters. The monoisotopic (exact) mass is 314 g/mol. The Balaban J connectivity index is 2.04. The number of halogens is 1. The Morgan fingerprint density at radius 3 is 2.84 bits per heavy atom. The molecule has 0 saturated heterocycles. The van der Waals surface area contributed by atoms with Gasteiger partial charge in [0.1, 0.15) is 0 Å². The zero-order valence-corrected chi connectivity index (χ0v) is 12.3. The van der Waals surface area contributed by atoms with Crippen LogP contribution >= 0.6 is 15.9 Å². The second kappa shape index (κ2) is 4.74. The van der Waals surface area contributed by atoms with E-state index in [0.29, 0.717) is 0 Å². The molecule has 2 nitrogen and oxygen atoms in total. The number of aromatic nitrogens is 1. The smallest absolute Gasteiger partial charge is 0.0488 e. The maximum absolute atomic E-state index is 5.93. The van der Waals surface area contributed by atoms with E-state index in [-0.39, 0.29) is 0 Å². The van der Waals surface area contributed by atoms with Gasteiger partial charge in [-0.25, -0.2) is 0 Å². The first kappa shape index (κ1) is 12.3. The molecule has 19 heavy (non-hydrogen) atoms. The van der Waals surface area contributed by atoms with Crippen LogP contribution in [0.4, 0.5) is 5.69 Å². The highest BCUT2D eigenvalue weighted by Gasteiger charge is 2.06. The summed E-state index contributed by atoms with van der Waals surface area (Å²) < 4.78 is 3.23. The van der Waals surface area contributed by atoms with Crippen molar-refractivity contribution < 1.29 is 0 Å². The van der Waals surface area contributed by atoms with Gasteiger partial charge in [0, 0.05) is 28.4 Å². The van der Waals surface area contributed by atoms with Gasteiger partial charge in [-0.2, -0.15) is 0 Å². The first-order valence-corrected chi connectivity index (χ1v) is 7.03. The fraction of sp³-hybridized carbons (Fsp3) is 0.125. The average molecular weight is 315 g/mol. The van der Waals surface area contributed by atoms with Crippen LogP contribution < -0.4 is 5.73 Å². The summed E-state index contributed by atoms with van der Waals surface area (Å²) in [5.41, 5.74) is 10.4. The third-order valence-corrected chi connectivity index (χ3v) is 4.34. The molecule has 1 heterocycles. The molecule has 0 aliphatic carbocycles. The average Bonchev–Trinajstić information content (AvgIpc) is 2.77. The lowest BCUT2D eigenvalue weighted by Crippen LogP contribution is -2.00. The van der Waals surface area contributed by atoms with Gasteiger partial charge in [-0.05, 0) is 58.1 Å². The van der Waals surface area contributed by atoms with Crippen LogP contribution in [0, 0.1) is 6.92 Å². The Morgan fingerprint density at radius 1 is 1.16 bits per heavy atom. The maximum Gasteiger partial charge on any atom is 0.0488 e. The summed E-state index contributed by atoms with van der Waals surface area (Å²) >= 11 is 3.56. The van der Waals surface area contributed by atoms with E-state index in [1.807, 2.05) is 12.1 Å². The van der Waals surface area contributed by atoms with E-state index in [4.69, 9.17) is 5.73 Å². The van der Waals surface area contributed by atoms with Gasteiger partial charge in [-0.3, -0.25) is 0 Å². The quantitative estimate of drug-likeness (QED) is 0.701. The van der Waals surface area contributed by atoms with Crippen molar-refractivity contribution in [1.82, 2.24) is 4.57 Å². The van der Waals surface area contributed by atoms with Crippen molar-refractivity contribution in [2.45, 2.75) is 13.5 Å². The molecule has 1 aromatic heterocycles. The molecule has 0 atom stereocenters. The van der Waals surface area contributed by atoms with E-state index in [0.717, 1.165) is 16.7 Å². The predicted molar refractivity (Wildman–Crippen MR) is 84.3 cm³/mol. The number of aryl methyl sites for hydroxylation is 1. The zero-order chi connectivity index (χ0) is 13.4. The van der Waals surface area contributed by atoms with Crippen LogP contribution in [0.15, 0.2) is 53.1 Å². The van der Waals surface area contributed by atoms with Gasteiger partial charge < -0.3 is 10.3 Å². The Hall–Kier alpha value is -1.74. The highest BCUT2D eigenvalue weighted by molar-refractivity contribution is 9.10. The predicted octanol–water partition coefficient (Wildman–Crippen LogP) is 4.34. The molecule has 3 aromatic rings. The van der Waals surface area contributed by atoms with Crippen molar-refractivity contribution in [2.24, 2.45) is 0 Å². The second-order valence-electron chi connectivity index (χ2n) is 4.83. The molecular formula is C16H15BrN2. The SMILES string of the molecule is Cc1ccc2c(ccn2Cc2cccc(N)c2Br)c1. The number of benzene rings is 2. The van der Waals surface area contributed by atoms with Crippen molar-refractivity contribution in [2.75, 3.05) is 5.73 Å². The minimum absolute atomic E-state index is 0.782. The molecule has 3 rings (SSSR count). The second-order valence-corrected chi connectivity index (χ2v) is 5.62. The van der Waals surface area contributed by atoms with Crippen molar-refractivity contribution in [1.29, 1.82) is 0 Å². The summed E-state index contributed by atoms with van der Waals surface area (Å²) in [6.45, 7) is 2.93. The van der Waals surface area contributed by atoms with Crippen molar-refractivity contribution >= 4 is 32.5 Å². The lowest BCUT2D eigenvalue weighted by Gasteiger charge is -2.09. The third-order valence-electron chi connectivity index (χ3n) is 3.38. The van der Waals surface area contributed by atoms with Crippen LogP contribution in [0.3, 0.4) is 0 Å². The normalized spacial score (nSPS) is 11.1. The van der Waals surface area contributed by atoms with Crippen molar-refractivity contribution in [3.8, 4) is 0 Å². The van der Waals surface area contributed by atoms with E-state index in [2.05, 4.69) is 63.9 Å².